The molecular formula is C25H24ClN5O2. The van der Waals surface area contributed by atoms with Gasteiger partial charge < -0.3 is 21.4 Å². The molecule has 168 valence electrons. The molecule has 5 N–H and O–H groups in total. The number of aromatic nitrogens is 2. The number of halogens is 1. The van der Waals surface area contributed by atoms with E-state index in [0.717, 1.165) is 27.6 Å². The van der Waals surface area contributed by atoms with Gasteiger partial charge in [-0.1, -0.05) is 23.7 Å². The van der Waals surface area contributed by atoms with E-state index in [1.807, 2.05) is 44.2 Å². The van der Waals surface area contributed by atoms with Crippen LogP contribution in [0.1, 0.15) is 24.2 Å². The number of H-pyrrole nitrogens is 1. The molecule has 0 aliphatic carbocycles. The lowest BCUT2D eigenvalue weighted by molar-refractivity contribution is 0.0773. The van der Waals surface area contributed by atoms with E-state index in [9.17, 15) is 9.59 Å². The third kappa shape index (κ3) is 4.27. The number of nitrogen functional groups attached to an aromatic ring is 2. The van der Waals surface area contributed by atoms with Crippen LogP contribution < -0.4 is 17.0 Å². The quantitative estimate of drug-likeness (QED) is 0.402. The van der Waals surface area contributed by atoms with E-state index in [4.69, 9.17) is 23.1 Å². The maximum Gasteiger partial charge on any atom is 0.271 e. The van der Waals surface area contributed by atoms with Crippen LogP contribution in [0.25, 0.3) is 33.2 Å². The summed E-state index contributed by atoms with van der Waals surface area (Å²) in [4.78, 5) is 33.2. The second-order valence-corrected chi connectivity index (χ2v) is 8.08. The first kappa shape index (κ1) is 22.4. The first-order valence-electron chi connectivity index (χ1n) is 10.6. The molecule has 33 heavy (non-hydrogen) atoms. The second kappa shape index (κ2) is 8.96. The highest BCUT2D eigenvalue weighted by atomic mass is 35.5. The third-order valence-corrected chi connectivity index (χ3v) is 5.98. The van der Waals surface area contributed by atoms with Gasteiger partial charge in [-0.05, 0) is 61.4 Å². The number of nitrogens with one attached hydrogen (secondary N) is 1. The molecule has 1 amide bonds. The van der Waals surface area contributed by atoms with Gasteiger partial charge in [-0.2, -0.15) is 0 Å². The molecule has 2 aromatic carbocycles. The van der Waals surface area contributed by atoms with E-state index in [1.54, 1.807) is 29.3 Å². The van der Waals surface area contributed by atoms with E-state index >= 15 is 0 Å². The van der Waals surface area contributed by atoms with Crippen LogP contribution in [0.2, 0.25) is 5.02 Å². The first-order valence-corrected chi connectivity index (χ1v) is 11.0. The fourth-order valence-electron chi connectivity index (χ4n) is 3.81. The van der Waals surface area contributed by atoms with Gasteiger partial charge in [0.15, 0.2) is 0 Å². The Labute approximate surface area is 196 Å². The minimum Gasteiger partial charge on any atom is -0.394 e. The van der Waals surface area contributed by atoms with Gasteiger partial charge in [-0.3, -0.25) is 9.59 Å². The maximum absolute atomic E-state index is 12.7. The highest BCUT2D eigenvalue weighted by Gasteiger charge is 2.17. The molecule has 0 saturated carbocycles. The topological polar surface area (TPSA) is 118 Å². The van der Waals surface area contributed by atoms with Crippen molar-refractivity contribution in [2.24, 2.45) is 0 Å². The molecule has 0 atom stereocenters. The number of hydrogen-bond donors (Lipinski definition) is 3. The number of nitrogens with zero attached hydrogens (tertiary/aromatic N) is 2. The van der Waals surface area contributed by atoms with Crippen LogP contribution in [0.15, 0.2) is 59.5 Å². The Morgan fingerprint density at radius 2 is 1.73 bits per heavy atom. The van der Waals surface area contributed by atoms with Gasteiger partial charge in [0.1, 0.15) is 5.82 Å². The zero-order valence-corrected chi connectivity index (χ0v) is 19.1. The van der Waals surface area contributed by atoms with Crippen LogP contribution in [-0.2, 0) is 0 Å². The molecule has 7 nitrogen and oxygen atoms in total. The number of fused-ring (bicyclic) bond motifs is 1. The van der Waals surface area contributed by atoms with Gasteiger partial charge in [0.2, 0.25) is 0 Å². The largest absolute Gasteiger partial charge is 0.394 e. The normalized spacial score (nSPS) is 11.0. The van der Waals surface area contributed by atoms with Gasteiger partial charge >= 0.3 is 0 Å². The number of anilines is 2. The Kier molecular flexibility index (Phi) is 6.07. The molecule has 0 radical (unpaired) electrons. The van der Waals surface area contributed by atoms with Crippen molar-refractivity contribution in [2.75, 3.05) is 24.6 Å². The van der Waals surface area contributed by atoms with E-state index in [2.05, 4.69) is 9.97 Å². The summed E-state index contributed by atoms with van der Waals surface area (Å²) in [6.07, 6.45) is 1.62. The molecule has 0 spiro atoms. The Morgan fingerprint density at radius 3 is 2.39 bits per heavy atom. The van der Waals surface area contributed by atoms with Gasteiger partial charge in [0.05, 0.1) is 21.8 Å². The monoisotopic (exact) mass is 461 g/mol. The summed E-state index contributed by atoms with van der Waals surface area (Å²) in [6.45, 7) is 5.08. The summed E-state index contributed by atoms with van der Waals surface area (Å²) >= 11 is 6.49. The van der Waals surface area contributed by atoms with Crippen molar-refractivity contribution in [1.29, 1.82) is 0 Å². The van der Waals surface area contributed by atoms with Crippen molar-refractivity contribution in [1.82, 2.24) is 14.9 Å². The van der Waals surface area contributed by atoms with Crippen molar-refractivity contribution in [2.45, 2.75) is 13.8 Å². The minimum atomic E-state index is -0.323. The number of hydrogen-bond acceptors (Lipinski definition) is 5. The third-order valence-electron chi connectivity index (χ3n) is 5.67. The van der Waals surface area contributed by atoms with Crippen molar-refractivity contribution in [3.05, 3.63) is 75.7 Å². The van der Waals surface area contributed by atoms with E-state index in [0.29, 0.717) is 35.1 Å². The highest BCUT2D eigenvalue weighted by molar-refractivity contribution is 6.34. The zero-order chi connectivity index (χ0) is 23.7. The highest BCUT2D eigenvalue weighted by Crippen LogP contribution is 2.33. The average Bonchev–Trinajstić information content (AvgIpc) is 2.80. The van der Waals surface area contributed by atoms with E-state index in [-0.39, 0.29) is 17.2 Å². The van der Waals surface area contributed by atoms with Crippen molar-refractivity contribution >= 4 is 39.9 Å². The van der Waals surface area contributed by atoms with Crippen LogP contribution >= 0.6 is 11.6 Å². The standard InChI is InChI=1S/C25H24ClN5O2/c1-3-31(4-2)25(33)18-7-5-15(11-20(18)26)19-10-16-9-14(6-8-22(16)30-23(19)28)17-12-21(27)24(32)29-13-17/h5-13H,3-4,27H2,1-2H3,(H2,28,30)(H,29,32). The average molecular weight is 462 g/mol. The van der Waals surface area contributed by atoms with Gasteiger partial charge in [-0.25, -0.2) is 4.98 Å². The van der Waals surface area contributed by atoms with Crippen LogP contribution in [0.3, 0.4) is 0 Å². The lowest BCUT2D eigenvalue weighted by Crippen LogP contribution is -2.30. The molecule has 2 heterocycles. The summed E-state index contributed by atoms with van der Waals surface area (Å²) in [6, 6.07) is 14.6. The number of carbonyl (C=O) groups is 1. The molecule has 0 unspecified atom stereocenters. The molecule has 8 heteroatoms. The lowest BCUT2D eigenvalue weighted by Gasteiger charge is -2.19. The molecule has 0 aliphatic rings. The Hall–Kier alpha value is -3.84. The van der Waals surface area contributed by atoms with Crippen molar-refractivity contribution < 1.29 is 4.79 Å². The molecule has 0 bridgehead atoms. The predicted octanol–water partition coefficient (Wildman–Crippen LogP) is 4.56. The number of amides is 1. The van der Waals surface area contributed by atoms with Crippen LogP contribution in [0.5, 0.6) is 0 Å². The number of benzene rings is 2. The summed E-state index contributed by atoms with van der Waals surface area (Å²) in [7, 11) is 0. The maximum atomic E-state index is 12.7. The van der Waals surface area contributed by atoms with Crippen LogP contribution in [0, 0.1) is 0 Å². The summed E-state index contributed by atoms with van der Waals surface area (Å²) in [5.74, 6) is 0.258. The van der Waals surface area contributed by atoms with E-state index < -0.39 is 0 Å². The van der Waals surface area contributed by atoms with Gasteiger partial charge in [-0.15, -0.1) is 0 Å². The number of aromatic amines is 1. The first-order chi connectivity index (χ1) is 15.8. The molecule has 2 aromatic heterocycles. The number of rotatable bonds is 5. The summed E-state index contributed by atoms with van der Waals surface area (Å²) in [5.41, 5.74) is 16.2. The fraction of sp³-hybridized carbons (Fsp3) is 0.160. The molecule has 0 saturated heterocycles. The van der Waals surface area contributed by atoms with E-state index in [1.165, 1.54) is 0 Å². The SMILES string of the molecule is CCN(CC)C(=O)c1ccc(-c2cc3cc(-c4c[nH]c(=O)c(N)c4)ccc3nc2N)cc1Cl. The summed E-state index contributed by atoms with van der Waals surface area (Å²) in [5, 5.41) is 1.22. The summed E-state index contributed by atoms with van der Waals surface area (Å²) < 4.78 is 0. The lowest BCUT2D eigenvalue weighted by atomic mass is 10.00. The van der Waals surface area contributed by atoms with Gasteiger partial charge in [0, 0.05) is 35.8 Å². The minimum absolute atomic E-state index is 0.106. The second-order valence-electron chi connectivity index (χ2n) is 7.67. The zero-order valence-electron chi connectivity index (χ0n) is 18.4. The Bertz CT molecular complexity index is 1430. The molecule has 4 rings (SSSR count). The predicted molar refractivity (Wildman–Crippen MR) is 134 cm³/mol. The number of carbonyl (C=O) groups excluding carboxylic acids is 1. The van der Waals surface area contributed by atoms with Gasteiger partial charge in [0.25, 0.3) is 11.5 Å². The number of pyridine rings is 2. The van der Waals surface area contributed by atoms with Crippen LogP contribution in [-0.4, -0.2) is 33.9 Å². The Morgan fingerprint density at radius 1 is 1.00 bits per heavy atom. The molecule has 0 aliphatic heterocycles. The van der Waals surface area contributed by atoms with Crippen molar-refractivity contribution in [3.8, 4) is 22.3 Å². The number of nitrogens with two attached hydrogens (primary N) is 2. The van der Waals surface area contributed by atoms with Crippen molar-refractivity contribution in [3.63, 3.8) is 0 Å². The Balaban J connectivity index is 1.76. The smallest absolute Gasteiger partial charge is 0.271 e. The molecule has 4 aromatic rings. The van der Waals surface area contributed by atoms with Crippen LogP contribution in [0.4, 0.5) is 11.5 Å². The molecule has 0 fully saturated rings. The fourth-order valence-corrected chi connectivity index (χ4v) is 4.07. The molecular weight excluding hydrogens is 438 g/mol.